The number of hydrogen-bond acceptors (Lipinski definition) is 5. The van der Waals surface area contributed by atoms with Crippen molar-refractivity contribution in [1.29, 1.82) is 0 Å². The molecule has 10 heteroatoms. The first-order valence-corrected chi connectivity index (χ1v) is 13.0. The van der Waals surface area contributed by atoms with Crippen LogP contribution in [-0.2, 0) is 17.6 Å². The smallest absolute Gasteiger partial charge is 0.387 e. The van der Waals surface area contributed by atoms with E-state index in [1.165, 1.54) is 11.0 Å². The maximum Gasteiger partial charge on any atom is 0.387 e. The number of hydrogen-bond donors (Lipinski definition) is 2. The Morgan fingerprint density at radius 2 is 1.92 bits per heavy atom. The molecular weight excluding hydrogens is 494 g/mol. The number of rotatable bonds is 7. The highest BCUT2D eigenvalue weighted by atomic mass is 19.3. The molecule has 3 aliphatic heterocycles. The molecule has 0 spiro atoms. The average molecular weight is 525 g/mol. The molecule has 1 unspecified atom stereocenters. The minimum absolute atomic E-state index is 0.0347. The third kappa shape index (κ3) is 4.07. The van der Waals surface area contributed by atoms with Gasteiger partial charge >= 0.3 is 12.6 Å². The molecule has 3 aliphatic rings. The lowest BCUT2D eigenvalue weighted by Crippen LogP contribution is -2.53. The fourth-order valence-corrected chi connectivity index (χ4v) is 6.38. The van der Waals surface area contributed by atoms with Gasteiger partial charge in [0.25, 0.3) is 5.91 Å². The van der Waals surface area contributed by atoms with Crippen LogP contribution in [0.2, 0.25) is 0 Å². The van der Waals surface area contributed by atoms with Crippen molar-refractivity contribution in [1.82, 2.24) is 19.7 Å². The van der Waals surface area contributed by atoms with Crippen molar-refractivity contribution in [2.75, 3.05) is 26.2 Å². The Kier molecular flexibility index (Phi) is 6.02. The first-order chi connectivity index (χ1) is 18.2. The number of H-pyrrole nitrogens is 1. The summed E-state index contributed by atoms with van der Waals surface area (Å²) in [7, 11) is 0. The number of fused-ring (bicyclic) bond motifs is 4. The summed E-state index contributed by atoms with van der Waals surface area (Å²) in [4.78, 5) is 36.5. The molecular formula is C28H30F2N4O4. The molecule has 2 aromatic carbocycles. The van der Waals surface area contributed by atoms with Gasteiger partial charge in [0.1, 0.15) is 17.0 Å². The van der Waals surface area contributed by atoms with E-state index in [2.05, 4.69) is 14.6 Å². The SMILES string of the molecule is C[C@@]12Cc3c([nH]c4ccc(OC(F)F)cc34)C(Cc3cccc(O)c3)N1C(=O)N(CCN1CCCC1)C2=O. The number of likely N-dealkylation sites (tertiary alicyclic amines) is 1. The Hall–Kier alpha value is -3.66. The summed E-state index contributed by atoms with van der Waals surface area (Å²) < 4.78 is 30.5. The largest absolute Gasteiger partial charge is 0.508 e. The van der Waals surface area contributed by atoms with Crippen LogP contribution in [0.5, 0.6) is 11.5 Å². The number of amides is 3. The summed E-state index contributed by atoms with van der Waals surface area (Å²) in [6.07, 6.45) is 2.86. The second kappa shape index (κ2) is 9.27. The molecule has 2 N–H and O–H groups in total. The number of aromatic nitrogens is 1. The number of halogens is 2. The molecule has 4 heterocycles. The number of phenolic OH excluding ortho intramolecular Hbond substituents is 1. The predicted octanol–water partition coefficient (Wildman–Crippen LogP) is 4.43. The maximum absolute atomic E-state index is 13.9. The molecule has 3 aromatic rings. The van der Waals surface area contributed by atoms with Crippen LogP contribution in [-0.4, -0.2) is 75.1 Å². The molecule has 0 saturated carbocycles. The molecule has 8 nitrogen and oxygen atoms in total. The maximum atomic E-state index is 13.9. The number of aromatic hydroxyl groups is 1. The molecule has 200 valence electrons. The highest BCUT2D eigenvalue weighted by Crippen LogP contribution is 2.48. The van der Waals surface area contributed by atoms with Crippen LogP contribution in [0.4, 0.5) is 13.6 Å². The molecule has 2 saturated heterocycles. The van der Waals surface area contributed by atoms with E-state index >= 15 is 0 Å². The Morgan fingerprint density at radius 1 is 1.13 bits per heavy atom. The van der Waals surface area contributed by atoms with Crippen LogP contribution >= 0.6 is 0 Å². The minimum atomic E-state index is -2.95. The van der Waals surface area contributed by atoms with E-state index in [-0.39, 0.29) is 29.9 Å². The summed E-state index contributed by atoms with van der Waals surface area (Å²) in [6, 6.07) is 10.7. The first-order valence-electron chi connectivity index (χ1n) is 13.0. The number of urea groups is 1. The van der Waals surface area contributed by atoms with Gasteiger partial charge < -0.3 is 24.6 Å². The zero-order valence-corrected chi connectivity index (χ0v) is 21.1. The lowest BCUT2D eigenvalue weighted by atomic mass is 9.81. The molecule has 38 heavy (non-hydrogen) atoms. The summed E-state index contributed by atoms with van der Waals surface area (Å²) in [5.74, 6) is -0.0992. The van der Waals surface area contributed by atoms with E-state index in [9.17, 15) is 23.5 Å². The number of carbonyl (C=O) groups is 2. The Balaban J connectivity index is 1.42. The normalized spacial score (nSPS) is 23.5. The number of carbonyl (C=O) groups excluding carboxylic acids is 2. The van der Waals surface area contributed by atoms with Crippen molar-refractivity contribution in [2.45, 2.75) is 50.8 Å². The van der Waals surface area contributed by atoms with E-state index in [0.29, 0.717) is 30.4 Å². The first kappa shape index (κ1) is 24.7. The van der Waals surface area contributed by atoms with E-state index in [1.807, 2.05) is 6.07 Å². The molecule has 1 aromatic heterocycles. The molecule has 2 atom stereocenters. The second-order valence-electron chi connectivity index (χ2n) is 10.6. The summed E-state index contributed by atoms with van der Waals surface area (Å²) >= 11 is 0. The van der Waals surface area contributed by atoms with Gasteiger partial charge in [-0.25, -0.2) is 4.79 Å². The van der Waals surface area contributed by atoms with Crippen LogP contribution in [0.3, 0.4) is 0 Å². The van der Waals surface area contributed by atoms with Crippen molar-refractivity contribution < 1.29 is 28.2 Å². The Bertz CT molecular complexity index is 1400. The van der Waals surface area contributed by atoms with E-state index < -0.39 is 18.2 Å². The fraction of sp³-hybridized carbons (Fsp3) is 0.429. The second-order valence-corrected chi connectivity index (χ2v) is 10.6. The summed E-state index contributed by atoms with van der Waals surface area (Å²) in [5.41, 5.74) is 1.96. The van der Waals surface area contributed by atoms with Gasteiger partial charge in [-0.1, -0.05) is 12.1 Å². The standard InChI is InChI=1S/C28H30F2N4O4/c1-28-16-21-20-15-19(38-26(29)30)7-8-22(20)31-24(21)23(14-17-5-4-6-18(35)13-17)34(28)27(37)33(25(28)36)12-11-32-9-2-3-10-32/h4-8,13,15,23,26,31,35H,2-3,9-12,14,16H2,1H3/t23?,28-/m0/s1. The predicted molar refractivity (Wildman–Crippen MR) is 136 cm³/mol. The number of imide groups is 1. The Morgan fingerprint density at radius 3 is 2.66 bits per heavy atom. The molecule has 0 aliphatic carbocycles. The molecule has 2 fully saturated rings. The van der Waals surface area contributed by atoms with Crippen LogP contribution in [0.15, 0.2) is 42.5 Å². The van der Waals surface area contributed by atoms with Crippen LogP contribution < -0.4 is 4.74 Å². The van der Waals surface area contributed by atoms with Crippen molar-refractivity contribution in [2.24, 2.45) is 0 Å². The average Bonchev–Trinajstić information content (AvgIpc) is 3.55. The summed E-state index contributed by atoms with van der Waals surface area (Å²) in [6.45, 7) is 1.74. The van der Waals surface area contributed by atoms with Crippen LogP contribution in [0.1, 0.15) is 42.6 Å². The molecule has 0 radical (unpaired) electrons. The van der Waals surface area contributed by atoms with E-state index in [1.54, 1.807) is 42.2 Å². The lowest BCUT2D eigenvalue weighted by Gasteiger charge is -2.42. The van der Waals surface area contributed by atoms with Crippen LogP contribution in [0.25, 0.3) is 10.9 Å². The van der Waals surface area contributed by atoms with E-state index in [0.717, 1.165) is 42.8 Å². The van der Waals surface area contributed by atoms with Crippen LogP contribution in [0, 0.1) is 0 Å². The zero-order chi connectivity index (χ0) is 26.6. The topological polar surface area (TPSA) is 89.1 Å². The van der Waals surface area contributed by atoms with Crippen molar-refractivity contribution in [3.05, 3.63) is 59.3 Å². The molecule has 6 rings (SSSR count). The molecule has 0 bridgehead atoms. The van der Waals surface area contributed by atoms with Gasteiger partial charge in [-0.3, -0.25) is 9.69 Å². The number of phenols is 1. The van der Waals surface area contributed by atoms with E-state index in [4.69, 9.17) is 0 Å². The Labute approximate surface area is 218 Å². The highest BCUT2D eigenvalue weighted by molar-refractivity contribution is 6.08. The fourth-order valence-electron chi connectivity index (χ4n) is 6.38. The third-order valence-corrected chi connectivity index (χ3v) is 8.15. The van der Waals surface area contributed by atoms with Crippen molar-refractivity contribution in [3.8, 4) is 11.5 Å². The van der Waals surface area contributed by atoms with Crippen molar-refractivity contribution >= 4 is 22.8 Å². The van der Waals surface area contributed by atoms with Gasteiger partial charge in [0.15, 0.2) is 0 Å². The van der Waals surface area contributed by atoms with Crippen molar-refractivity contribution in [3.63, 3.8) is 0 Å². The van der Waals surface area contributed by atoms with Gasteiger partial charge in [0, 0.05) is 36.1 Å². The highest BCUT2D eigenvalue weighted by Gasteiger charge is 2.59. The van der Waals surface area contributed by atoms with Gasteiger partial charge in [0.05, 0.1) is 6.04 Å². The molecule has 3 amide bonds. The number of aromatic amines is 1. The minimum Gasteiger partial charge on any atom is -0.508 e. The zero-order valence-electron chi connectivity index (χ0n) is 21.1. The van der Waals surface area contributed by atoms with Gasteiger partial charge in [-0.15, -0.1) is 0 Å². The number of nitrogens with one attached hydrogen (secondary N) is 1. The number of ether oxygens (including phenoxy) is 1. The third-order valence-electron chi connectivity index (χ3n) is 8.15. The monoisotopic (exact) mass is 524 g/mol. The van der Waals surface area contributed by atoms with Gasteiger partial charge in [-0.2, -0.15) is 8.78 Å². The summed E-state index contributed by atoms with van der Waals surface area (Å²) in [5, 5.41) is 10.8. The van der Waals surface area contributed by atoms with Gasteiger partial charge in [0.2, 0.25) is 0 Å². The number of benzene rings is 2. The lowest BCUT2D eigenvalue weighted by molar-refractivity contribution is -0.133. The quantitative estimate of drug-likeness (QED) is 0.447. The number of nitrogens with zero attached hydrogens (tertiary/aromatic N) is 3. The van der Waals surface area contributed by atoms with Gasteiger partial charge in [-0.05, 0) is 80.7 Å². The number of alkyl halides is 2.